The Balaban J connectivity index is 2.55. The van der Waals surface area contributed by atoms with Crippen molar-refractivity contribution >= 4 is 27.5 Å². The van der Waals surface area contributed by atoms with Gasteiger partial charge in [-0.25, -0.2) is 8.78 Å². The minimum Gasteiger partial charge on any atom is -0.302 e. The van der Waals surface area contributed by atoms with Gasteiger partial charge in [0.15, 0.2) is 17.3 Å². The monoisotopic (exact) mass is 324 g/mol. The van der Waals surface area contributed by atoms with E-state index in [2.05, 4.69) is 0 Å². The second-order valence-corrected chi connectivity index (χ2v) is 5.91. The molecule has 0 saturated carbocycles. The molecule has 1 atom stereocenters. The smallest absolute Gasteiger partial charge is 0.302 e. The fraction of sp³-hybridized carbons (Fsp3) is 0.300. The van der Waals surface area contributed by atoms with E-state index in [-0.39, 0.29) is 0 Å². The largest absolute Gasteiger partial charge is 0.307 e. The van der Waals surface area contributed by atoms with E-state index in [0.29, 0.717) is 17.0 Å². The molecule has 11 heteroatoms. The molecule has 1 aromatic carbocycles. The van der Waals surface area contributed by atoms with Crippen molar-refractivity contribution < 1.29 is 30.8 Å². The minimum absolute atomic E-state index is 0.373. The molecular formula is C10H7F3N2O5S. The van der Waals surface area contributed by atoms with Gasteiger partial charge in [0.1, 0.15) is 5.25 Å². The van der Waals surface area contributed by atoms with Gasteiger partial charge in [0.2, 0.25) is 5.91 Å². The number of nitrogens with zero attached hydrogens (tertiary/aromatic N) is 2. The first kappa shape index (κ1) is 15.2. The topological polar surface area (TPSA) is 97.6 Å². The molecule has 1 saturated heterocycles. The molecule has 1 aromatic rings. The van der Waals surface area contributed by atoms with Crippen LogP contribution in [0.1, 0.15) is 6.42 Å². The Morgan fingerprint density at radius 2 is 1.95 bits per heavy atom. The van der Waals surface area contributed by atoms with Gasteiger partial charge in [0, 0.05) is 19.0 Å². The molecule has 0 aromatic heterocycles. The predicted octanol–water partition coefficient (Wildman–Crippen LogP) is 1.28. The third-order valence-electron chi connectivity index (χ3n) is 3.00. The molecule has 0 bridgehead atoms. The molecule has 1 fully saturated rings. The number of carbonyl (C=O) groups is 1. The summed E-state index contributed by atoms with van der Waals surface area (Å²) in [6, 6.07) is 1.14. The van der Waals surface area contributed by atoms with E-state index in [0.717, 1.165) is 0 Å². The second kappa shape index (κ2) is 4.98. The zero-order chi connectivity index (χ0) is 15.9. The molecule has 1 heterocycles. The molecule has 0 spiro atoms. The highest BCUT2D eigenvalue weighted by atomic mass is 32.3. The fourth-order valence-corrected chi connectivity index (χ4v) is 2.68. The Morgan fingerprint density at radius 1 is 1.33 bits per heavy atom. The minimum atomic E-state index is -5.08. The number of carbonyl (C=O) groups excluding carboxylic acids is 1. The van der Waals surface area contributed by atoms with Crippen molar-refractivity contribution in [2.24, 2.45) is 0 Å². The first-order valence-corrected chi connectivity index (χ1v) is 6.94. The highest BCUT2D eigenvalue weighted by molar-refractivity contribution is 7.87. The number of halogens is 3. The predicted molar refractivity (Wildman–Crippen MR) is 63.8 cm³/mol. The molecule has 0 radical (unpaired) electrons. The highest BCUT2D eigenvalue weighted by Gasteiger charge is 2.42. The lowest BCUT2D eigenvalue weighted by molar-refractivity contribution is -0.384. The van der Waals surface area contributed by atoms with Crippen LogP contribution in [-0.2, 0) is 15.0 Å². The van der Waals surface area contributed by atoms with Gasteiger partial charge < -0.3 is 4.90 Å². The molecule has 114 valence electrons. The maximum absolute atomic E-state index is 13.8. The van der Waals surface area contributed by atoms with Crippen LogP contribution in [0.25, 0.3) is 0 Å². The third-order valence-corrected chi connectivity index (χ3v) is 4.11. The zero-order valence-electron chi connectivity index (χ0n) is 10.1. The molecule has 1 amide bonds. The lowest BCUT2D eigenvalue weighted by Crippen LogP contribution is -2.28. The average molecular weight is 324 g/mol. The lowest BCUT2D eigenvalue weighted by Gasteiger charge is -2.16. The summed E-state index contributed by atoms with van der Waals surface area (Å²) in [4.78, 5) is 21.8. The summed E-state index contributed by atoms with van der Waals surface area (Å²) in [6.07, 6.45) is -0.800. The summed E-state index contributed by atoms with van der Waals surface area (Å²) in [5.41, 5.74) is -1.92. The zero-order valence-corrected chi connectivity index (χ0v) is 10.9. The van der Waals surface area contributed by atoms with Gasteiger partial charge in [-0.1, -0.05) is 0 Å². The SMILES string of the molecule is O=C1CC(S(=O)(=O)F)CN1c1c([N+](=O)[O-])ccc(F)c1F. The summed E-state index contributed by atoms with van der Waals surface area (Å²) in [6.45, 7) is -0.821. The van der Waals surface area contributed by atoms with Gasteiger partial charge in [-0.05, 0) is 6.07 Å². The van der Waals surface area contributed by atoms with Crippen LogP contribution in [0.5, 0.6) is 0 Å². The second-order valence-electron chi connectivity index (χ2n) is 4.29. The fourth-order valence-electron chi connectivity index (χ4n) is 2.01. The molecule has 0 N–H and O–H groups in total. The van der Waals surface area contributed by atoms with Crippen molar-refractivity contribution in [1.29, 1.82) is 0 Å². The van der Waals surface area contributed by atoms with E-state index < -0.39 is 62.3 Å². The normalized spacial score (nSPS) is 19.1. The molecule has 21 heavy (non-hydrogen) atoms. The van der Waals surface area contributed by atoms with Crippen molar-refractivity contribution in [3.05, 3.63) is 33.9 Å². The van der Waals surface area contributed by atoms with Crippen LogP contribution >= 0.6 is 0 Å². The van der Waals surface area contributed by atoms with E-state index in [1.165, 1.54) is 0 Å². The number of anilines is 1. The van der Waals surface area contributed by atoms with Crippen molar-refractivity contribution in [3.63, 3.8) is 0 Å². The van der Waals surface area contributed by atoms with Gasteiger partial charge in [0.05, 0.1) is 4.92 Å². The van der Waals surface area contributed by atoms with Gasteiger partial charge in [-0.3, -0.25) is 14.9 Å². The number of nitro benzene ring substituents is 1. The van der Waals surface area contributed by atoms with Crippen molar-refractivity contribution in [2.75, 3.05) is 11.4 Å². The molecule has 0 aliphatic carbocycles. The first-order valence-electron chi connectivity index (χ1n) is 5.49. The standard InChI is InChI=1S/C10H7F3N2O5S/c11-6-1-2-7(15(17)18)10(9(6)12)14-4-5(3-8(14)16)21(13,19)20/h1-2,5H,3-4H2. The van der Waals surface area contributed by atoms with Gasteiger partial charge in [0.25, 0.3) is 5.69 Å². The number of benzene rings is 1. The number of hydrogen-bond donors (Lipinski definition) is 0. The Bertz CT molecular complexity index is 736. The Labute approximate surface area is 116 Å². The van der Waals surface area contributed by atoms with Crippen LogP contribution in [-0.4, -0.2) is 31.0 Å². The van der Waals surface area contributed by atoms with Gasteiger partial charge >= 0.3 is 10.2 Å². The van der Waals surface area contributed by atoms with Crippen molar-refractivity contribution in [2.45, 2.75) is 11.7 Å². The lowest BCUT2D eigenvalue weighted by atomic mass is 10.2. The summed E-state index contributed by atoms with van der Waals surface area (Å²) < 4.78 is 61.4. The first-order chi connectivity index (χ1) is 9.62. The van der Waals surface area contributed by atoms with Crippen LogP contribution < -0.4 is 4.90 Å². The summed E-state index contributed by atoms with van der Waals surface area (Å²) in [7, 11) is -5.08. The van der Waals surface area contributed by atoms with Gasteiger partial charge in [-0.2, -0.15) is 8.42 Å². The summed E-state index contributed by atoms with van der Waals surface area (Å²) >= 11 is 0. The van der Waals surface area contributed by atoms with E-state index in [4.69, 9.17) is 0 Å². The number of rotatable bonds is 3. The van der Waals surface area contributed by atoms with Crippen LogP contribution in [0.3, 0.4) is 0 Å². The quantitative estimate of drug-likeness (QED) is 0.474. The van der Waals surface area contributed by atoms with E-state index >= 15 is 0 Å². The van der Waals surface area contributed by atoms with Gasteiger partial charge in [-0.15, -0.1) is 3.89 Å². The van der Waals surface area contributed by atoms with E-state index in [9.17, 15) is 36.0 Å². The maximum atomic E-state index is 13.8. The Morgan fingerprint density at radius 3 is 2.43 bits per heavy atom. The molecule has 2 rings (SSSR count). The maximum Gasteiger partial charge on any atom is 0.307 e. The molecule has 1 aliphatic rings. The molecule has 1 unspecified atom stereocenters. The van der Waals surface area contributed by atoms with Crippen LogP contribution in [0, 0.1) is 21.7 Å². The van der Waals surface area contributed by atoms with E-state index in [1.54, 1.807) is 0 Å². The van der Waals surface area contributed by atoms with Crippen LogP contribution in [0.15, 0.2) is 12.1 Å². The average Bonchev–Trinajstić information content (AvgIpc) is 2.74. The number of amides is 1. The van der Waals surface area contributed by atoms with Crippen LogP contribution in [0.4, 0.5) is 24.0 Å². The molecule has 7 nitrogen and oxygen atoms in total. The molecular weight excluding hydrogens is 317 g/mol. The van der Waals surface area contributed by atoms with Crippen LogP contribution in [0.2, 0.25) is 0 Å². The number of nitro groups is 1. The van der Waals surface area contributed by atoms with Crippen molar-refractivity contribution in [3.8, 4) is 0 Å². The third kappa shape index (κ3) is 2.68. The Hall–Kier alpha value is -2.17. The Kier molecular flexibility index (Phi) is 3.61. The highest BCUT2D eigenvalue weighted by Crippen LogP contribution is 2.36. The summed E-state index contributed by atoms with van der Waals surface area (Å²) in [5.74, 6) is -4.17. The van der Waals surface area contributed by atoms with Crippen molar-refractivity contribution in [1.82, 2.24) is 0 Å². The molecule has 1 aliphatic heterocycles. The van der Waals surface area contributed by atoms with E-state index in [1.807, 2.05) is 0 Å². The number of hydrogen-bond acceptors (Lipinski definition) is 5. The summed E-state index contributed by atoms with van der Waals surface area (Å²) in [5, 5.41) is 9.04.